The van der Waals surface area contributed by atoms with Gasteiger partial charge in [-0.1, -0.05) is 11.6 Å². The number of hydrogen-bond acceptors (Lipinski definition) is 3. The summed E-state index contributed by atoms with van der Waals surface area (Å²) < 4.78 is 0.984. The average Bonchev–Trinajstić information content (AvgIpc) is 2.28. The number of aromatic nitrogens is 2. The zero-order chi connectivity index (χ0) is 11.4. The minimum atomic E-state index is 0.690. The van der Waals surface area contributed by atoms with Gasteiger partial charge in [0.05, 0.1) is 5.02 Å². The van der Waals surface area contributed by atoms with E-state index >= 15 is 0 Å². The molecule has 0 aliphatic heterocycles. The van der Waals surface area contributed by atoms with Gasteiger partial charge < -0.3 is 0 Å². The Morgan fingerprint density at radius 1 is 1.38 bits per heavy atom. The number of halogens is 2. The van der Waals surface area contributed by atoms with E-state index in [-0.39, 0.29) is 0 Å². The molecule has 5 heteroatoms. The minimum Gasteiger partial charge on any atom is -0.263 e. The quantitative estimate of drug-likeness (QED) is 0.794. The van der Waals surface area contributed by atoms with Gasteiger partial charge in [-0.15, -0.1) is 11.8 Å². The number of hydrogen-bond donors (Lipinski definition) is 0. The third-order valence-electron chi connectivity index (χ3n) is 1.86. The van der Waals surface area contributed by atoms with Crippen molar-refractivity contribution < 1.29 is 0 Å². The summed E-state index contributed by atoms with van der Waals surface area (Å²) in [7, 11) is 0. The molecule has 0 saturated heterocycles. The molecule has 2 heterocycles. The molecule has 2 nitrogen and oxygen atoms in total. The van der Waals surface area contributed by atoms with Crippen LogP contribution >= 0.6 is 39.3 Å². The molecule has 0 fully saturated rings. The number of nitrogens with zero attached hydrogens (tertiary/aromatic N) is 2. The highest BCUT2D eigenvalue weighted by molar-refractivity contribution is 9.10. The van der Waals surface area contributed by atoms with Crippen LogP contribution in [-0.4, -0.2) is 9.97 Å². The van der Waals surface area contributed by atoms with Gasteiger partial charge in [0.2, 0.25) is 0 Å². The Balaban J connectivity index is 2.05. The molecule has 0 radical (unpaired) electrons. The molecule has 0 N–H and O–H groups in total. The van der Waals surface area contributed by atoms with E-state index in [2.05, 4.69) is 25.9 Å². The highest BCUT2D eigenvalue weighted by atomic mass is 79.9. The van der Waals surface area contributed by atoms with E-state index in [1.807, 2.05) is 24.4 Å². The number of thioether (sulfide) groups is 1. The number of rotatable bonds is 3. The summed E-state index contributed by atoms with van der Waals surface area (Å²) in [5, 5.41) is 1.54. The molecule has 0 aliphatic carbocycles. The van der Waals surface area contributed by atoms with E-state index in [0.29, 0.717) is 5.02 Å². The van der Waals surface area contributed by atoms with Crippen LogP contribution < -0.4 is 0 Å². The molecule has 0 aromatic carbocycles. The predicted octanol–water partition coefficient (Wildman–Crippen LogP) is 4.18. The molecule has 0 spiro atoms. The van der Waals surface area contributed by atoms with Crippen LogP contribution in [-0.2, 0) is 5.75 Å². The van der Waals surface area contributed by atoms with Crippen LogP contribution in [0.25, 0.3) is 0 Å². The van der Waals surface area contributed by atoms with Crippen molar-refractivity contribution in [2.75, 3.05) is 0 Å². The third kappa shape index (κ3) is 3.20. The van der Waals surface area contributed by atoms with E-state index in [1.54, 1.807) is 24.2 Å². The van der Waals surface area contributed by atoms with E-state index in [4.69, 9.17) is 11.6 Å². The smallest absolute Gasteiger partial charge is 0.115 e. The fourth-order valence-corrected chi connectivity index (χ4v) is 2.66. The molecule has 2 aromatic heterocycles. The predicted molar refractivity (Wildman–Crippen MR) is 70.7 cm³/mol. The van der Waals surface area contributed by atoms with Crippen LogP contribution in [0.5, 0.6) is 0 Å². The molecule has 0 amide bonds. The summed E-state index contributed by atoms with van der Waals surface area (Å²) in [4.78, 5) is 8.32. The summed E-state index contributed by atoms with van der Waals surface area (Å²) in [6.07, 6.45) is 5.35. The first-order valence-corrected chi connectivity index (χ1v) is 6.74. The van der Waals surface area contributed by atoms with Crippen LogP contribution in [0.1, 0.15) is 5.56 Å². The van der Waals surface area contributed by atoms with Crippen LogP contribution in [0.4, 0.5) is 0 Å². The normalized spacial score (nSPS) is 10.4. The summed E-state index contributed by atoms with van der Waals surface area (Å²) in [6, 6.07) is 5.71. The Bertz CT molecular complexity index is 493. The van der Waals surface area contributed by atoms with E-state index in [0.717, 1.165) is 20.8 Å². The van der Waals surface area contributed by atoms with Crippen LogP contribution in [0.15, 0.2) is 46.3 Å². The highest BCUT2D eigenvalue weighted by Crippen LogP contribution is 2.27. The highest BCUT2D eigenvalue weighted by Gasteiger charge is 2.02. The zero-order valence-corrected chi connectivity index (χ0v) is 11.4. The lowest BCUT2D eigenvalue weighted by molar-refractivity contribution is 1.13. The van der Waals surface area contributed by atoms with Gasteiger partial charge in [-0.3, -0.25) is 4.98 Å². The standard InChI is InChI=1S/C11H8BrClN2S/c12-9-4-8(5-14-6-9)7-16-11-10(13)2-1-3-15-11/h1-6H,7H2. The van der Waals surface area contributed by atoms with Crippen molar-refractivity contribution in [1.29, 1.82) is 0 Å². The summed E-state index contributed by atoms with van der Waals surface area (Å²) in [6.45, 7) is 0. The first-order chi connectivity index (χ1) is 7.75. The van der Waals surface area contributed by atoms with Crippen molar-refractivity contribution in [1.82, 2.24) is 9.97 Å². The van der Waals surface area contributed by atoms with Crippen molar-refractivity contribution in [3.63, 3.8) is 0 Å². The summed E-state index contributed by atoms with van der Waals surface area (Å²) >= 11 is 11.0. The molecule has 16 heavy (non-hydrogen) atoms. The molecule has 2 aromatic rings. The molecular formula is C11H8BrClN2S. The Morgan fingerprint density at radius 3 is 3.00 bits per heavy atom. The van der Waals surface area contributed by atoms with Crippen LogP contribution in [0.3, 0.4) is 0 Å². The Morgan fingerprint density at radius 2 is 2.25 bits per heavy atom. The van der Waals surface area contributed by atoms with E-state index < -0.39 is 0 Å². The van der Waals surface area contributed by atoms with Gasteiger partial charge in [-0.2, -0.15) is 0 Å². The monoisotopic (exact) mass is 314 g/mol. The van der Waals surface area contributed by atoms with Crippen molar-refractivity contribution in [3.8, 4) is 0 Å². The van der Waals surface area contributed by atoms with E-state index in [9.17, 15) is 0 Å². The number of pyridine rings is 2. The topological polar surface area (TPSA) is 25.8 Å². The molecular weight excluding hydrogens is 308 g/mol. The second-order valence-electron chi connectivity index (χ2n) is 3.09. The maximum Gasteiger partial charge on any atom is 0.115 e. The SMILES string of the molecule is Clc1cccnc1SCc1cncc(Br)c1. The van der Waals surface area contributed by atoms with Crippen LogP contribution in [0.2, 0.25) is 5.02 Å². The zero-order valence-electron chi connectivity index (χ0n) is 8.23. The first-order valence-electron chi connectivity index (χ1n) is 4.58. The van der Waals surface area contributed by atoms with Crippen molar-refractivity contribution in [2.45, 2.75) is 10.8 Å². The van der Waals surface area contributed by atoms with Gasteiger partial charge in [-0.05, 0) is 39.7 Å². The van der Waals surface area contributed by atoms with Gasteiger partial charge in [-0.25, -0.2) is 4.98 Å². The Kier molecular flexibility index (Phi) is 4.21. The van der Waals surface area contributed by atoms with Crippen LogP contribution in [0, 0.1) is 0 Å². The second-order valence-corrected chi connectivity index (χ2v) is 5.38. The molecule has 0 unspecified atom stereocenters. The maximum absolute atomic E-state index is 6.01. The molecule has 0 atom stereocenters. The first kappa shape index (κ1) is 11.9. The maximum atomic E-state index is 6.01. The summed E-state index contributed by atoms with van der Waals surface area (Å²) in [5.41, 5.74) is 1.14. The largest absolute Gasteiger partial charge is 0.263 e. The van der Waals surface area contributed by atoms with Gasteiger partial charge >= 0.3 is 0 Å². The fraction of sp³-hybridized carbons (Fsp3) is 0.0909. The van der Waals surface area contributed by atoms with Gasteiger partial charge in [0.15, 0.2) is 0 Å². The Hall–Kier alpha value is -0.580. The van der Waals surface area contributed by atoms with Crippen molar-refractivity contribution in [3.05, 3.63) is 51.8 Å². The van der Waals surface area contributed by atoms with Gasteiger partial charge in [0.25, 0.3) is 0 Å². The molecule has 0 aliphatic rings. The minimum absolute atomic E-state index is 0.690. The fourth-order valence-electron chi connectivity index (χ4n) is 1.16. The second kappa shape index (κ2) is 5.66. The van der Waals surface area contributed by atoms with Gasteiger partial charge in [0.1, 0.15) is 5.03 Å². The van der Waals surface area contributed by atoms with Gasteiger partial charge in [0, 0.05) is 28.8 Å². The lowest BCUT2D eigenvalue weighted by Crippen LogP contribution is -1.85. The lowest BCUT2D eigenvalue weighted by Gasteiger charge is -2.02. The lowest BCUT2D eigenvalue weighted by atomic mass is 10.3. The molecule has 82 valence electrons. The van der Waals surface area contributed by atoms with Crippen molar-refractivity contribution >= 4 is 39.3 Å². The molecule has 0 saturated carbocycles. The third-order valence-corrected chi connectivity index (χ3v) is 3.79. The summed E-state index contributed by atoms with van der Waals surface area (Å²) in [5.74, 6) is 0.809. The molecule has 2 rings (SSSR count). The van der Waals surface area contributed by atoms with Crippen molar-refractivity contribution in [2.24, 2.45) is 0 Å². The van der Waals surface area contributed by atoms with E-state index in [1.165, 1.54) is 0 Å². The average molecular weight is 316 g/mol. The molecule has 0 bridgehead atoms. The Labute approximate surface area is 112 Å².